The topological polar surface area (TPSA) is 29.9 Å². The molecular formula is C17H17N3S. The lowest BCUT2D eigenvalue weighted by molar-refractivity contribution is 0.647. The summed E-state index contributed by atoms with van der Waals surface area (Å²) in [5, 5.41) is 7.86. The molecule has 1 aliphatic rings. The molecule has 21 heavy (non-hydrogen) atoms. The van der Waals surface area contributed by atoms with Gasteiger partial charge in [0, 0.05) is 17.8 Å². The van der Waals surface area contributed by atoms with Crippen molar-refractivity contribution in [3.05, 3.63) is 58.7 Å². The molecule has 0 saturated heterocycles. The summed E-state index contributed by atoms with van der Waals surface area (Å²) in [7, 11) is 0. The highest BCUT2D eigenvalue weighted by atomic mass is 32.1. The van der Waals surface area contributed by atoms with Crippen LogP contribution in [0.3, 0.4) is 0 Å². The fourth-order valence-corrected chi connectivity index (χ4v) is 3.79. The number of hydrogen-bond acceptors (Lipinski definition) is 3. The van der Waals surface area contributed by atoms with E-state index >= 15 is 0 Å². The number of rotatable bonds is 3. The highest BCUT2D eigenvalue weighted by molar-refractivity contribution is 7.07. The van der Waals surface area contributed by atoms with Crippen LogP contribution in [-0.2, 0) is 6.42 Å². The van der Waals surface area contributed by atoms with Crippen LogP contribution >= 0.6 is 11.3 Å². The molecule has 1 aromatic carbocycles. The summed E-state index contributed by atoms with van der Waals surface area (Å²) in [5.74, 6) is 0. The van der Waals surface area contributed by atoms with Crippen molar-refractivity contribution in [2.24, 2.45) is 0 Å². The van der Waals surface area contributed by atoms with Crippen molar-refractivity contribution >= 4 is 17.0 Å². The van der Waals surface area contributed by atoms with Crippen molar-refractivity contribution in [3.63, 3.8) is 0 Å². The summed E-state index contributed by atoms with van der Waals surface area (Å²) in [6.07, 6.45) is 5.02. The summed E-state index contributed by atoms with van der Waals surface area (Å²) in [5.41, 5.74) is 6.45. The van der Waals surface area contributed by atoms with Crippen LogP contribution in [0.5, 0.6) is 0 Å². The zero-order chi connectivity index (χ0) is 14.2. The molecule has 0 bridgehead atoms. The van der Waals surface area contributed by atoms with Crippen LogP contribution in [-0.4, -0.2) is 16.1 Å². The van der Waals surface area contributed by atoms with Gasteiger partial charge in [-0.15, -0.1) is 0 Å². The smallest absolute Gasteiger partial charge is 0.0956 e. The second-order valence-electron chi connectivity index (χ2n) is 5.44. The quantitative estimate of drug-likeness (QED) is 0.785. The Balaban J connectivity index is 1.81. The zero-order valence-electron chi connectivity index (χ0n) is 11.9. The monoisotopic (exact) mass is 295 g/mol. The Morgan fingerprint density at radius 2 is 2.29 bits per heavy atom. The Hall–Kier alpha value is -2.07. The summed E-state index contributed by atoms with van der Waals surface area (Å²) in [6, 6.07) is 9.03. The van der Waals surface area contributed by atoms with Gasteiger partial charge in [-0.1, -0.05) is 18.2 Å². The van der Waals surface area contributed by atoms with Gasteiger partial charge < -0.3 is 9.88 Å². The van der Waals surface area contributed by atoms with E-state index in [1.54, 1.807) is 11.3 Å². The molecule has 3 nitrogen and oxygen atoms in total. The maximum absolute atomic E-state index is 4.39. The van der Waals surface area contributed by atoms with E-state index in [1.165, 1.54) is 28.1 Å². The molecule has 106 valence electrons. The molecule has 0 radical (unpaired) electrons. The van der Waals surface area contributed by atoms with E-state index < -0.39 is 0 Å². The van der Waals surface area contributed by atoms with Crippen LogP contribution in [0.4, 0.5) is 5.69 Å². The van der Waals surface area contributed by atoms with Gasteiger partial charge in [-0.05, 0) is 41.3 Å². The fraction of sp³-hybridized carbons (Fsp3) is 0.235. The average molecular weight is 295 g/mol. The summed E-state index contributed by atoms with van der Waals surface area (Å²) < 4.78 is 2.26. The van der Waals surface area contributed by atoms with Crippen molar-refractivity contribution in [2.45, 2.75) is 19.4 Å². The van der Waals surface area contributed by atoms with Crippen molar-refractivity contribution in [2.75, 3.05) is 11.9 Å². The molecule has 0 fully saturated rings. The molecular weight excluding hydrogens is 278 g/mol. The molecule has 0 saturated carbocycles. The van der Waals surface area contributed by atoms with Crippen LogP contribution in [0, 0.1) is 0 Å². The minimum absolute atomic E-state index is 0.297. The van der Waals surface area contributed by atoms with Crippen molar-refractivity contribution < 1.29 is 0 Å². The summed E-state index contributed by atoms with van der Waals surface area (Å²) in [6.45, 7) is 3.25. The predicted octanol–water partition coefficient (Wildman–Crippen LogP) is 4.19. The van der Waals surface area contributed by atoms with Gasteiger partial charge in [0.25, 0.3) is 0 Å². The van der Waals surface area contributed by atoms with Crippen molar-refractivity contribution in [1.82, 2.24) is 9.55 Å². The number of fused-ring (bicyclic) bond motifs is 1. The maximum atomic E-state index is 4.39. The van der Waals surface area contributed by atoms with Crippen molar-refractivity contribution in [1.29, 1.82) is 0 Å². The van der Waals surface area contributed by atoms with Gasteiger partial charge >= 0.3 is 0 Å². The molecule has 4 rings (SSSR count). The summed E-state index contributed by atoms with van der Waals surface area (Å²) >= 11 is 1.74. The van der Waals surface area contributed by atoms with E-state index in [2.05, 4.69) is 56.8 Å². The number of nitrogens with zero attached hydrogens (tertiary/aromatic N) is 2. The Labute approximate surface area is 128 Å². The van der Waals surface area contributed by atoms with Crippen LogP contribution in [0.25, 0.3) is 11.3 Å². The lowest BCUT2D eigenvalue weighted by atomic mass is 10.0. The molecule has 1 atom stereocenters. The standard InChI is InChI=1S/C17H17N3S/c1-12(14-6-8-21-10-14)20-11-18-9-16(20)15-4-2-3-13-5-7-19-17(13)15/h2-4,6,8-12,19H,5,7H2,1H3. The first-order valence-electron chi connectivity index (χ1n) is 7.24. The van der Waals surface area contributed by atoms with E-state index in [0.29, 0.717) is 6.04 Å². The first-order chi connectivity index (χ1) is 10.3. The highest BCUT2D eigenvalue weighted by Crippen LogP contribution is 2.36. The molecule has 1 aliphatic heterocycles. The molecule has 4 heteroatoms. The largest absolute Gasteiger partial charge is 0.384 e. The Morgan fingerprint density at radius 1 is 1.33 bits per heavy atom. The number of anilines is 1. The lowest BCUT2D eigenvalue weighted by Crippen LogP contribution is -2.06. The molecule has 0 spiro atoms. The number of para-hydroxylation sites is 1. The van der Waals surface area contributed by atoms with Gasteiger partial charge in [-0.2, -0.15) is 11.3 Å². The third-order valence-corrected chi connectivity index (χ3v) is 4.93. The molecule has 0 amide bonds. The highest BCUT2D eigenvalue weighted by Gasteiger charge is 2.19. The third-order valence-electron chi connectivity index (χ3n) is 4.23. The van der Waals surface area contributed by atoms with E-state index in [0.717, 1.165) is 13.0 Å². The van der Waals surface area contributed by atoms with Crippen LogP contribution in [0.2, 0.25) is 0 Å². The number of aromatic nitrogens is 2. The van der Waals surface area contributed by atoms with Crippen LogP contribution in [0.15, 0.2) is 47.5 Å². The average Bonchev–Trinajstić information content (AvgIpc) is 3.24. The van der Waals surface area contributed by atoms with Gasteiger partial charge in [-0.3, -0.25) is 0 Å². The van der Waals surface area contributed by atoms with E-state index in [-0.39, 0.29) is 0 Å². The fourth-order valence-electron chi connectivity index (χ4n) is 3.05. The molecule has 1 N–H and O–H groups in total. The van der Waals surface area contributed by atoms with Crippen LogP contribution < -0.4 is 5.32 Å². The minimum Gasteiger partial charge on any atom is -0.384 e. The van der Waals surface area contributed by atoms with E-state index in [4.69, 9.17) is 0 Å². The molecule has 3 aromatic rings. The number of nitrogens with one attached hydrogen (secondary N) is 1. The minimum atomic E-state index is 0.297. The molecule has 2 aromatic heterocycles. The molecule has 1 unspecified atom stereocenters. The van der Waals surface area contributed by atoms with Gasteiger partial charge in [-0.25, -0.2) is 4.98 Å². The zero-order valence-corrected chi connectivity index (χ0v) is 12.7. The van der Waals surface area contributed by atoms with Gasteiger partial charge in [0.05, 0.1) is 24.3 Å². The van der Waals surface area contributed by atoms with Crippen LogP contribution in [0.1, 0.15) is 24.1 Å². The molecule has 3 heterocycles. The summed E-state index contributed by atoms with van der Waals surface area (Å²) in [4.78, 5) is 4.39. The van der Waals surface area contributed by atoms with Gasteiger partial charge in [0.2, 0.25) is 0 Å². The van der Waals surface area contributed by atoms with E-state index in [9.17, 15) is 0 Å². The maximum Gasteiger partial charge on any atom is 0.0956 e. The Kier molecular flexibility index (Phi) is 3.04. The lowest BCUT2D eigenvalue weighted by Gasteiger charge is -2.17. The number of hydrogen-bond donors (Lipinski definition) is 1. The SMILES string of the molecule is CC(c1ccsc1)n1cncc1-c1cccc2c1NCC2. The number of benzene rings is 1. The first kappa shape index (κ1) is 12.7. The third kappa shape index (κ3) is 2.07. The normalized spacial score (nSPS) is 14.7. The molecule has 0 aliphatic carbocycles. The predicted molar refractivity (Wildman–Crippen MR) is 88.0 cm³/mol. The second kappa shape index (κ2) is 5.04. The van der Waals surface area contributed by atoms with E-state index in [1.807, 2.05) is 12.5 Å². The Morgan fingerprint density at radius 3 is 3.14 bits per heavy atom. The van der Waals surface area contributed by atoms with Gasteiger partial charge in [0.1, 0.15) is 0 Å². The number of imidazole rings is 1. The number of thiophene rings is 1. The Bertz CT molecular complexity index is 758. The van der Waals surface area contributed by atoms with Gasteiger partial charge in [0.15, 0.2) is 0 Å². The second-order valence-corrected chi connectivity index (χ2v) is 6.22. The van der Waals surface area contributed by atoms with Crippen molar-refractivity contribution in [3.8, 4) is 11.3 Å². The first-order valence-corrected chi connectivity index (χ1v) is 8.19.